The number of hydrogen-bond acceptors (Lipinski definition) is 6. The van der Waals surface area contributed by atoms with Crippen LogP contribution in [0, 0.1) is 6.92 Å². The summed E-state index contributed by atoms with van der Waals surface area (Å²) in [5, 5.41) is 7.44. The van der Waals surface area contributed by atoms with Crippen LogP contribution in [-0.2, 0) is 6.42 Å². The second kappa shape index (κ2) is 5.50. The molecule has 0 aromatic carbocycles. The highest BCUT2D eigenvalue weighted by atomic mass is 32.1. The number of thiophene rings is 1. The third-order valence-corrected chi connectivity index (χ3v) is 3.93. The molecule has 0 aliphatic carbocycles. The zero-order chi connectivity index (χ0) is 13.9. The fourth-order valence-electron chi connectivity index (χ4n) is 2.05. The first kappa shape index (κ1) is 12.9. The van der Waals surface area contributed by atoms with Gasteiger partial charge in [0.15, 0.2) is 0 Å². The SMILES string of the molecule is CNc1nc(NCCc2ccco2)c2cc(C)sc2n1. The van der Waals surface area contributed by atoms with Gasteiger partial charge in [0.1, 0.15) is 16.4 Å². The minimum atomic E-state index is 0.639. The fraction of sp³-hybridized carbons (Fsp3) is 0.286. The average Bonchev–Trinajstić information content (AvgIpc) is 3.06. The minimum Gasteiger partial charge on any atom is -0.469 e. The molecule has 0 aliphatic heterocycles. The molecule has 0 saturated carbocycles. The Bertz CT molecular complexity index is 705. The summed E-state index contributed by atoms with van der Waals surface area (Å²) in [5.41, 5.74) is 0. The standard InChI is InChI=1S/C14H16N4OS/c1-9-8-11-12(16-6-5-10-4-3-7-19-10)17-14(15-2)18-13(11)20-9/h3-4,7-8H,5-6H2,1-2H3,(H2,15,16,17,18). The smallest absolute Gasteiger partial charge is 0.225 e. The summed E-state index contributed by atoms with van der Waals surface area (Å²) >= 11 is 1.68. The van der Waals surface area contributed by atoms with E-state index in [2.05, 4.69) is 33.6 Å². The van der Waals surface area contributed by atoms with Crippen molar-refractivity contribution in [1.82, 2.24) is 9.97 Å². The molecular weight excluding hydrogens is 272 g/mol. The molecule has 0 fully saturated rings. The molecule has 0 spiro atoms. The molecule has 0 atom stereocenters. The van der Waals surface area contributed by atoms with E-state index in [-0.39, 0.29) is 0 Å². The molecule has 0 amide bonds. The van der Waals surface area contributed by atoms with E-state index in [4.69, 9.17) is 4.42 Å². The van der Waals surface area contributed by atoms with Crippen LogP contribution in [0.2, 0.25) is 0 Å². The predicted octanol–water partition coefficient (Wildman–Crippen LogP) is 3.29. The highest BCUT2D eigenvalue weighted by Crippen LogP contribution is 2.29. The highest BCUT2D eigenvalue weighted by Gasteiger charge is 2.09. The van der Waals surface area contributed by atoms with Gasteiger partial charge in [0, 0.05) is 24.9 Å². The van der Waals surface area contributed by atoms with Crippen molar-refractivity contribution in [3.63, 3.8) is 0 Å². The van der Waals surface area contributed by atoms with Crippen molar-refractivity contribution in [3.05, 3.63) is 35.1 Å². The van der Waals surface area contributed by atoms with E-state index in [1.165, 1.54) is 4.88 Å². The number of rotatable bonds is 5. The van der Waals surface area contributed by atoms with Gasteiger partial charge in [-0.2, -0.15) is 4.98 Å². The second-order valence-corrected chi connectivity index (χ2v) is 5.71. The van der Waals surface area contributed by atoms with Gasteiger partial charge in [0.25, 0.3) is 0 Å². The van der Waals surface area contributed by atoms with Gasteiger partial charge in [0.05, 0.1) is 11.6 Å². The lowest BCUT2D eigenvalue weighted by atomic mass is 10.3. The quantitative estimate of drug-likeness (QED) is 0.754. The van der Waals surface area contributed by atoms with E-state index >= 15 is 0 Å². The molecule has 0 radical (unpaired) electrons. The Morgan fingerprint density at radius 1 is 1.35 bits per heavy atom. The predicted molar refractivity (Wildman–Crippen MR) is 82.6 cm³/mol. The Labute approximate surface area is 121 Å². The first-order chi connectivity index (χ1) is 9.76. The Morgan fingerprint density at radius 3 is 3.00 bits per heavy atom. The van der Waals surface area contributed by atoms with Gasteiger partial charge in [0.2, 0.25) is 5.95 Å². The molecule has 6 heteroatoms. The molecule has 3 aromatic rings. The van der Waals surface area contributed by atoms with Crippen LogP contribution in [0.3, 0.4) is 0 Å². The Kier molecular flexibility index (Phi) is 3.56. The Morgan fingerprint density at radius 2 is 2.25 bits per heavy atom. The summed E-state index contributed by atoms with van der Waals surface area (Å²) in [7, 11) is 1.83. The summed E-state index contributed by atoms with van der Waals surface area (Å²) in [4.78, 5) is 11.2. The van der Waals surface area contributed by atoms with Crippen molar-refractivity contribution in [2.75, 3.05) is 24.2 Å². The second-order valence-electron chi connectivity index (χ2n) is 4.48. The number of anilines is 2. The van der Waals surface area contributed by atoms with Crippen LogP contribution in [0.4, 0.5) is 11.8 Å². The maximum Gasteiger partial charge on any atom is 0.225 e. The summed E-state index contributed by atoms with van der Waals surface area (Å²) in [6.07, 6.45) is 2.52. The molecule has 3 aromatic heterocycles. The third-order valence-electron chi connectivity index (χ3n) is 2.98. The van der Waals surface area contributed by atoms with Crippen molar-refractivity contribution in [3.8, 4) is 0 Å². The molecule has 0 aliphatic rings. The number of hydrogen-bond donors (Lipinski definition) is 2. The largest absolute Gasteiger partial charge is 0.469 e. The monoisotopic (exact) mass is 288 g/mol. The van der Waals surface area contributed by atoms with Crippen LogP contribution in [0.15, 0.2) is 28.9 Å². The van der Waals surface area contributed by atoms with E-state index in [0.29, 0.717) is 5.95 Å². The van der Waals surface area contributed by atoms with Gasteiger partial charge in [-0.25, -0.2) is 4.98 Å². The summed E-state index contributed by atoms with van der Waals surface area (Å²) in [6, 6.07) is 6.00. The van der Waals surface area contributed by atoms with Crippen LogP contribution >= 0.6 is 11.3 Å². The van der Waals surface area contributed by atoms with Crippen LogP contribution in [-0.4, -0.2) is 23.6 Å². The Balaban J connectivity index is 1.81. The van der Waals surface area contributed by atoms with E-state index in [0.717, 1.165) is 34.8 Å². The number of nitrogens with zero attached hydrogens (tertiary/aromatic N) is 2. The molecule has 3 rings (SSSR count). The van der Waals surface area contributed by atoms with Crippen LogP contribution in [0.1, 0.15) is 10.6 Å². The van der Waals surface area contributed by atoms with Gasteiger partial charge >= 0.3 is 0 Å². The molecule has 104 valence electrons. The van der Waals surface area contributed by atoms with Gasteiger partial charge < -0.3 is 15.1 Å². The van der Waals surface area contributed by atoms with Crippen molar-refractivity contribution in [2.24, 2.45) is 0 Å². The summed E-state index contributed by atoms with van der Waals surface area (Å²) in [5.74, 6) is 2.48. The lowest BCUT2D eigenvalue weighted by Crippen LogP contribution is -2.08. The zero-order valence-electron chi connectivity index (χ0n) is 11.4. The fourth-order valence-corrected chi connectivity index (χ4v) is 2.93. The molecular formula is C14H16N4OS. The molecule has 3 heterocycles. The number of fused-ring (bicyclic) bond motifs is 1. The molecule has 0 bridgehead atoms. The van der Waals surface area contributed by atoms with E-state index in [1.54, 1.807) is 17.6 Å². The number of nitrogens with one attached hydrogen (secondary N) is 2. The number of aryl methyl sites for hydroxylation is 1. The van der Waals surface area contributed by atoms with Crippen molar-refractivity contribution in [1.29, 1.82) is 0 Å². The molecule has 0 saturated heterocycles. The van der Waals surface area contributed by atoms with Crippen LogP contribution < -0.4 is 10.6 Å². The number of furan rings is 1. The Hall–Kier alpha value is -2.08. The van der Waals surface area contributed by atoms with E-state index in [9.17, 15) is 0 Å². The molecule has 5 nitrogen and oxygen atoms in total. The molecule has 20 heavy (non-hydrogen) atoms. The first-order valence-corrected chi connectivity index (χ1v) is 7.30. The van der Waals surface area contributed by atoms with Gasteiger partial charge in [-0.05, 0) is 25.1 Å². The van der Waals surface area contributed by atoms with Gasteiger partial charge in [-0.3, -0.25) is 0 Å². The summed E-state index contributed by atoms with van der Waals surface area (Å²) < 4.78 is 5.32. The van der Waals surface area contributed by atoms with Crippen LogP contribution in [0.25, 0.3) is 10.2 Å². The maximum atomic E-state index is 5.32. The van der Waals surface area contributed by atoms with E-state index < -0.39 is 0 Å². The zero-order valence-corrected chi connectivity index (χ0v) is 12.3. The normalized spacial score (nSPS) is 10.9. The van der Waals surface area contributed by atoms with Crippen molar-refractivity contribution >= 4 is 33.3 Å². The van der Waals surface area contributed by atoms with Gasteiger partial charge in [-0.15, -0.1) is 11.3 Å². The van der Waals surface area contributed by atoms with Crippen molar-refractivity contribution in [2.45, 2.75) is 13.3 Å². The van der Waals surface area contributed by atoms with Crippen LogP contribution in [0.5, 0.6) is 0 Å². The molecule has 0 unspecified atom stereocenters. The molecule has 2 N–H and O–H groups in total. The first-order valence-electron chi connectivity index (χ1n) is 6.48. The summed E-state index contributed by atoms with van der Waals surface area (Å²) in [6.45, 7) is 2.86. The maximum absolute atomic E-state index is 5.32. The van der Waals surface area contributed by atoms with E-state index in [1.807, 2.05) is 19.2 Å². The lowest BCUT2D eigenvalue weighted by Gasteiger charge is -2.07. The average molecular weight is 288 g/mol. The van der Waals surface area contributed by atoms with Gasteiger partial charge in [-0.1, -0.05) is 0 Å². The third kappa shape index (κ3) is 2.60. The van der Waals surface area contributed by atoms with Crippen molar-refractivity contribution < 1.29 is 4.42 Å². The lowest BCUT2D eigenvalue weighted by molar-refractivity contribution is 0.513. The highest BCUT2D eigenvalue weighted by molar-refractivity contribution is 7.18. The number of aromatic nitrogens is 2. The minimum absolute atomic E-state index is 0.639. The topological polar surface area (TPSA) is 63.0 Å².